The monoisotopic (exact) mass is 384 g/mol. The molecule has 0 spiro atoms. The zero-order valence-corrected chi connectivity index (χ0v) is 13.5. The molecular formula is C11H14Br2O5. The molecule has 0 aliphatic heterocycles. The molecular weight excluding hydrogens is 372 g/mol. The van der Waals surface area contributed by atoms with Crippen LogP contribution in [0, 0.1) is 0 Å². The minimum Gasteiger partial charge on any atom is -0.376 e. The topological polar surface area (TPSA) is 61.8 Å². The number of fused-ring (bicyclic) bond motifs is 2. The number of ether oxygens (including phenoxy) is 3. The average Bonchev–Trinajstić information content (AvgIpc) is 2.61. The molecule has 0 aromatic rings. The van der Waals surface area contributed by atoms with Crippen LogP contribution in [0.1, 0.15) is 13.3 Å². The molecule has 18 heavy (non-hydrogen) atoms. The van der Waals surface area contributed by atoms with E-state index >= 15 is 0 Å². The summed E-state index contributed by atoms with van der Waals surface area (Å²) in [6.07, 6.45) is -0.162. The molecule has 0 N–H and O–H groups in total. The second-order valence-electron chi connectivity index (χ2n) is 4.34. The molecule has 2 saturated carbocycles. The highest BCUT2D eigenvalue weighted by atomic mass is 79.9. The summed E-state index contributed by atoms with van der Waals surface area (Å²) < 4.78 is 13.9. The van der Waals surface area contributed by atoms with Gasteiger partial charge in [0.2, 0.25) is 17.4 Å². The Morgan fingerprint density at radius 2 is 1.78 bits per heavy atom. The largest absolute Gasteiger partial charge is 0.376 e. The number of hydrogen-bond donors (Lipinski definition) is 0. The molecule has 5 nitrogen and oxygen atoms in total. The first kappa shape index (κ1) is 14.6. The molecule has 0 unspecified atom stereocenters. The van der Waals surface area contributed by atoms with Crippen LogP contribution in [0.3, 0.4) is 0 Å². The quantitative estimate of drug-likeness (QED) is 0.413. The number of Topliss-reactive ketones (excluding diaryl/α,β-unsaturated/α-hetero) is 2. The molecule has 2 aliphatic carbocycles. The van der Waals surface area contributed by atoms with Crippen LogP contribution in [-0.4, -0.2) is 52.9 Å². The molecule has 0 amide bonds. The summed E-state index contributed by atoms with van der Waals surface area (Å²) in [6, 6.07) is 0. The fourth-order valence-electron chi connectivity index (χ4n) is 2.99. The summed E-state index contributed by atoms with van der Waals surface area (Å²) >= 11 is 6.72. The van der Waals surface area contributed by atoms with Gasteiger partial charge in [0.25, 0.3) is 0 Å². The minimum atomic E-state index is -1.39. The van der Waals surface area contributed by atoms with Gasteiger partial charge in [-0.1, -0.05) is 31.9 Å². The summed E-state index contributed by atoms with van der Waals surface area (Å²) in [6.45, 7) is 2.27. The van der Waals surface area contributed by atoms with Gasteiger partial charge in [-0.15, -0.1) is 0 Å². The first-order chi connectivity index (χ1) is 8.35. The van der Waals surface area contributed by atoms with E-state index in [4.69, 9.17) is 14.2 Å². The Hall–Kier alpha value is 0.180. The van der Waals surface area contributed by atoms with Crippen LogP contribution < -0.4 is 0 Å². The predicted molar refractivity (Wildman–Crippen MR) is 70.1 cm³/mol. The van der Waals surface area contributed by atoms with E-state index in [2.05, 4.69) is 31.9 Å². The third kappa shape index (κ3) is 1.27. The Morgan fingerprint density at radius 3 is 2.17 bits per heavy atom. The number of rotatable bonds is 4. The van der Waals surface area contributed by atoms with Gasteiger partial charge >= 0.3 is 0 Å². The van der Waals surface area contributed by atoms with E-state index in [1.165, 1.54) is 14.2 Å². The third-order valence-corrected chi connectivity index (χ3v) is 6.35. The molecule has 0 saturated heterocycles. The molecule has 3 atom stereocenters. The molecule has 0 aromatic heterocycles. The van der Waals surface area contributed by atoms with E-state index in [1.54, 1.807) is 0 Å². The zero-order chi connectivity index (χ0) is 13.8. The van der Waals surface area contributed by atoms with Crippen molar-refractivity contribution in [3.63, 3.8) is 0 Å². The van der Waals surface area contributed by atoms with Gasteiger partial charge in [-0.3, -0.25) is 9.59 Å². The highest BCUT2D eigenvalue weighted by molar-refractivity contribution is 9.11. The lowest BCUT2D eigenvalue weighted by molar-refractivity contribution is -0.218. The average molecular weight is 386 g/mol. The van der Waals surface area contributed by atoms with Gasteiger partial charge in [-0.2, -0.15) is 0 Å². The lowest BCUT2D eigenvalue weighted by Crippen LogP contribution is -2.58. The van der Waals surface area contributed by atoms with Gasteiger partial charge in [-0.05, 0) is 6.92 Å². The molecule has 0 heterocycles. The zero-order valence-electron chi connectivity index (χ0n) is 10.3. The number of carbonyl (C=O) groups is 2. The Bertz CT molecular complexity index is 408. The van der Waals surface area contributed by atoms with Crippen molar-refractivity contribution in [2.75, 3.05) is 20.8 Å². The summed E-state index contributed by atoms with van der Waals surface area (Å²) in [5.74, 6) is -2.51. The van der Waals surface area contributed by atoms with E-state index in [0.29, 0.717) is 13.0 Å². The molecule has 7 heteroatoms. The van der Waals surface area contributed by atoms with Crippen molar-refractivity contribution in [3.8, 4) is 0 Å². The second kappa shape index (κ2) is 4.34. The van der Waals surface area contributed by atoms with E-state index in [9.17, 15) is 9.59 Å². The summed E-state index contributed by atoms with van der Waals surface area (Å²) in [4.78, 5) is 24.4. The lowest BCUT2D eigenvalue weighted by atomic mass is 9.95. The molecule has 2 aliphatic rings. The summed E-state index contributed by atoms with van der Waals surface area (Å²) in [5, 5.41) is 0. The van der Waals surface area contributed by atoms with Crippen LogP contribution in [0.15, 0.2) is 0 Å². The lowest BCUT2D eigenvalue weighted by Gasteiger charge is -2.38. The van der Waals surface area contributed by atoms with Gasteiger partial charge in [-0.25, -0.2) is 0 Å². The number of halogens is 2. The van der Waals surface area contributed by atoms with Crippen molar-refractivity contribution >= 4 is 43.4 Å². The number of methoxy groups -OCH3 is 2. The van der Waals surface area contributed by atoms with Crippen LogP contribution in [0.2, 0.25) is 0 Å². The fourth-order valence-corrected chi connectivity index (χ4v) is 5.51. The maximum atomic E-state index is 12.2. The van der Waals surface area contributed by atoms with Crippen LogP contribution in [0.25, 0.3) is 0 Å². The standard InChI is InChI=1S/C11H14Br2O5/c1-4-18-6-5-9(12)7(14)8(15)10(6,13)11(9,16-2)17-3/h6H,4-5H2,1-3H3/t6-,9+,10-/m0/s1. The molecule has 0 radical (unpaired) electrons. The number of ketones is 2. The first-order valence-electron chi connectivity index (χ1n) is 5.54. The normalized spacial score (nSPS) is 41.7. The summed E-state index contributed by atoms with van der Waals surface area (Å²) in [5.41, 5.74) is 0. The van der Waals surface area contributed by atoms with Crippen LogP contribution >= 0.6 is 31.9 Å². The Balaban J connectivity index is 2.62. The third-order valence-electron chi connectivity index (χ3n) is 3.75. The van der Waals surface area contributed by atoms with E-state index in [0.717, 1.165) is 0 Å². The van der Waals surface area contributed by atoms with Gasteiger partial charge in [0.15, 0.2) is 4.32 Å². The Labute approximate surface area is 122 Å². The van der Waals surface area contributed by atoms with Crippen molar-refractivity contribution in [1.29, 1.82) is 0 Å². The smallest absolute Gasteiger partial charge is 0.225 e. The second-order valence-corrected chi connectivity index (χ2v) is 6.95. The number of hydrogen-bond acceptors (Lipinski definition) is 5. The molecule has 2 bridgehead atoms. The van der Waals surface area contributed by atoms with Gasteiger partial charge < -0.3 is 14.2 Å². The minimum absolute atomic E-state index is 0.318. The van der Waals surface area contributed by atoms with Crippen LogP contribution in [0.4, 0.5) is 0 Å². The van der Waals surface area contributed by atoms with E-state index in [-0.39, 0.29) is 0 Å². The fraction of sp³-hybridized carbons (Fsp3) is 0.818. The molecule has 0 aromatic carbocycles. The molecule has 2 fully saturated rings. The van der Waals surface area contributed by atoms with Crippen molar-refractivity contribution in [1.82, 2.24) is 0 Å². The van der Waals surface area contributed by atoms with Crippen molar-refractivity contribution in [2.45, 2.75) is 33.9 Å². The van der Waals surface area contributed by atoms with Crippen molar-refractivity contribution in [3.05, 3.63) is 0 Å². The first-order valence-corrected chi connectivity index (χ1v) is 7.13. The van der Waals surface area contributed by atoms with Crippen molar-refractivity contribution in [2.24, 2.45) is 0 Å². The Kier molecular flexibility index (Phi) is 3.52. The molecule has 102 valence electrons. The van der Waals surface area contributed by atoms with E-state index < -0.39 is 32.1 Å². The van der Waals surface area contributed by atoms with Gasteiger partial charge in [0.05, 0.1) is 6.10 Å². The highest BCUT2D eigenvalue weighted by Crippen LogP contribution is 2.64. The Morgan fingerprint density at radius 1 is 1.22 bits per heavy atom. The van der Waals surface area contributed by atoms with Crippen LogP contribution in [-0.2, 0) is 23.8 Å². The maximum Gasteiger partial charge on any atom is 0.225 e. The van der Waals surface area contributed by atoms with Crippen molar-refractivity contribution < 1.29 is 23.8 Å². The molecule has 2 rings (SSSR count). The van der Waals surface area contributed by atoms with Crippen LogP contribution in [0.5, 0.6) is 0 Å². The van der Waals surface area contributed by atoms with Gasteiger partial charge in [0.1, 0.15) is 4.32 Å². The predicted octanol–water partition coefficient (Wildman–Crippen LogP) is 1.20. The number of carbonyl (C=O) groups excluding carboxylic acids is 2. The van der Waals surface area contributed by atoms with Gasteiger partial charge in [0, 0.05) is 27.2 Å². The highest BCUT2D eigenvalue weighted by Gasteiger charge is 2.86. The van der Waals surface area contributed by atoms with E-state index in [1.807, 2.05) is 6.92 Å². The number of alkyl halides is 2. The maximum absolute atomic E-state index is 12.2. The summed E-state index contributed by atoms with van der Waals surface area (Å²) in [7, 11) is 2.82. The SMILES string of the molecule is CCO[C@H]1C[C@@]2(Br)C(=O)C(=O)[C@]1(Br)C2(OC)OC.